The zero-order chi connectivity index (χ0) is 9.15. The van der Waals surface area contributed by atoms with Gasteiger partial charge in [0.15, 0.2) is 0 Å². The van der Waals surface area contributed by atoms with Gasteiger partial charge in [-0.05, 0) is 24.5 Å². The molecule has 0 amide bonds. The monoisotopic (exact) mass is 176 g/mol. The molecular weight excluding hydrogens is 160 g/mol. The predicted octanol–water partition coefficient (Wildman–Crippen LogP) is 1.85. The highest BCUT2D eigenvalue weighted by Gasteiger charge is 2.34. The molecule has 70 valence electrons. The fraction of sp³-hybridized carbons (Fsp3) is 0.545. The van der Waals surface area contributed by atoms with E-state index in [4.69, 9.17) is 5.73 Å². The van der Waals surface area contributed by atoms with E-state index < -0.39 is 0 Å². The molecule has 1 aliphatic rings. The number of hydrogen-bond acceptors (Lipinski definition) is 2. The van der Waals surface area contributed by atoms with Crippen molar-refractivity contribution < 1.29 is 0 Å². The van der Waals surface area contributed by atoms with Gasteiger partial charge < -0.3 is 5.73 Å². The topological polar surface area (TPSA) is 38.9 Å². The minimum atomic E-state index is 0.244. The van der Waals surface area contributed by atoms with E-state index in [1.54, 1.807) is 0 Å². The second-order valence-corrected chi connectivity index (χ2v) is 3.93. The summed E-state index contributed by atoms with van der Waals surface area (Å²) >= 11 is 0. The van der Waals surface area contributed by atoms with Gasteiger partial charge in [0.1, 0.15) is 0 Å². The van der Waals surface area contributed by atoms with Crippen molar-refractivity contribution in [3.8, 4) is 0 Å². The maximum Gasteiger partial charge on any atom is 0.0306 e. The van der Waals surface area contributed by atoms with Gasteiger partial charge in [-0.2, -0.15) is 0 Å². The number of nitrogens with two attached hydrogens (primary N) is 1. The smallest absolute Gasteiger partial charge is 0.0306 e. The molecule has 1 heterocycles. The van der Waals surface area contributed by atoms with Crippen LogP contribution in [0, 0.1) is 0 Å². The summed E-state index contributed by atoms with van der Waals surface area (Å²) in [7, 11) is 0. The average molecular weight is 176 g/mol. The molecule has 1 saturated carbocycles. The Balaban J connectivity index is 2.31. The molecule has 1 aliphatic carbocycles. The molecular formula is C11H16N2. The molecule has 0 radical (unpaired) electrons. The SMILES string of the molecule is NCC1(c2cccnc2)CCCC1. The van der Waals surface area contributed by atoms with Gasteiger partial charge in [-0.25, -0.2) is 0 Å². The zero-order valence-electron chi connectivity index (χ0n) is 7.87. The number of rotatable bonds is 2. The Morgan fingerprint density at radius 1 is 1.38 bits per heavy atom. The molecule has 1 fully saturated rings. The van der Waals surface area contributed by atoms with Crippen LogP contribution in [0.25, 0.3) is 0 Å². The number of hydrogen-bond donors (Lipinski definition) is 1. The Bertz CT molecular complexity index is 263. The highest BCUT2D eigenvalue weighted by atomic mass is 14.7. The van der Waals surface area contributed by atoms with Gasteiger partial charge in [0.25, 0.3) is 0 Å². The quantitative estimate of drug-likeness (QED) is 0.747. The van der Waals surface area contributed by atoms with Crippen molar-refractivity contribution in [2.75, 3.05) is 6.54 Å². The Labute approximate surface area is 79.2 Å². The van der Waals surface area contributed by atoms with E-state index in [0.29, 0.717) is 0 Å². The van der Waals surface area contributed by atoms with Crippen molar-refractivity contribution in [3.63, 3.8) is 0 Å². The molecule has 0 bridgehead atoms. The normalized spacial score (nSPS) is 20.4. The third-order valence-electron chi connectivity index (χ3n) is 3.23. The molecule has 1 aromatic heterocycles. The lowest BCUT2D eigenvalue weighted by Gasteiger charge is -2.27. The minimum Gasteiger partial charge on any atom is -0.330 e. The summed E-state index contributed by atoms with van der Waals surface area (Å²) in [6.07, 6.45) is 8.88. The van der Waals surface area contributed by atoms with E-state index in [1.807, 2.05) is 18.5 Å². The minimum absolute atomic E-state index is 0.244. The Hall–Kier alpha value is -0.890. The zero-order valence-corrected chi connectivity index (χ0v) is 7.87. The van der Waals surface area contributed by atoms with Gasteiger partial charge in [-0.15, -0.1) is 0 Å². The molecule has 2 rings (SSSR count). The van der Waals surface area contributed by atoms with Crippen molar-refractivity contribution in [1.29, 1.82) is 0 Å². The lowest BCUT2D eigenvalue weighted by Crippen LogP contribution is -2.31. The highest BCUT2D eigenvalue weighted by Crippen LogP contribution is 2.39. The van der Waals surface area contributed by atoms with Crippen LogP contribution in [0.5, 0.6) is 0 Å². The van der Waals surface area contributed by atoms with Gasteiger partial charge in [-0.1, -0.05) is 18.9 Å². The molecule has 13 heavy (non-hydrogen) atoms. The molecule has 0 unspecified atom stereocenters. The van der Waals surface area contributed by atoms with E-state index in [9.17, 15) is 0 Å². The van der Waals surface area contributed by atoms with Gasteiger partial charge >= 0.3 is 0 Å². The molecule has 1 aromatic rings. The molecule has 0 aromatic carbocycles. The second-order valence-electron chi connectivity index (χ2n) is 3.93. The largest absolute Gasteiger partial charge is 0.330 e. The molecule has 0 aliphatic heterocycles. The number of nitrogens with zero attached hydrogens (tertiary/aromatic N) is 1. The first-order valence-electron chi connectivity index (χ1n) is 4.98. The third-order valence-corrected chi connectivity index (χ3v) is 3.23. The summed E-state index contributed by atoms with van der Waals surface area (Å²) in [5.41, 5.74) is 7.45. The summed E-state index contributed by atoms with van der Waals surface area (Å²) in [4.78, 5) is 4.17. The predicted molar refractivity (Wildman–Crippen MR) is 53.4 cm³/mol. The third kappa shape index (κ3) is 1.46. The van der Waals surface area contributed by atoms with Gasteiger partial charge in [0.2, 0.25) is 0 Å². The summed E-state index contributed by atoms with van der Waals surface area (Å²) in [5.74, 6) is 0. The summed E-state index contributed by atoms with van der Waals surface area (Å²) in [6, 6.07) is 4.16. The van der Waals surface area contributed by atoms with Crippen molar-refractivity contribution >= 4 is 0 Å². The molecule has 0 atom stereocenters. The van der Waals surface area contributed by atoms with Crippen LogP contribution in [0.4, 0.5) is 0 Å². The van der Waals surface area contributed by atoms with Gasteiger partial charge in [0, 0.05) is 24.4 Å². The van der Waals surface area contributed by atoms with E-state index >= 15 is 0 Å². The lowest BCUT2D eigenvalue weighted by atomic mass is 9.80. The van der Waals surface area contributed by atoms with Crippen LogP contribution in [0.2, 0.25) is 0 Å². The molecule has 0 spiro atoms. The number of pyridine rings is 1. The maximum atomic E-state index is 5.87. The second kappa shape index (κ2) is 3.46. The van der Waals surface area contributed by atoms with Crippen molar-refractivity contribution in [2.24, 2.45) is 5.73 Å². The first kappa shape index (κ1) is 8.70. The first-order chi connectivity index (χ1) is 6.37. The van der Waals surface area contributed by atoms with Gasteiger partial charge in [0.05, 0.1) is 0 Å². The van der Waals surface area contributed by atoms with Crippen molar-refractivity contribution in [3.05, 3.63) is 30.1 Å². The van der Waals surface area contributed by atoms with Crippen LogP contribution in [-0.2, 0) is 5.41 Å². The maximum absolute atomic E-state index is 5.87. The summed E-state index contributed by atoms with van der Waals surface area (Å²) in [5, 5.41) is 0. The van der Waals surface area contributed by atoms with Crippen LogP contribution in [0.15, 0.2) is 24.5 Å². The average Bonchev–Trinajstić information content (AvgIpc) is 2.69. The van der Waals surface area contributed by atoms with E-state index in [1.165, 1.54) is 31.2 Å². The Kier molecular flexibility index (Phi) is 2.32. The molecule has 2 heteroatoms. The van der Waals surface area contributed by atoms with Crippen LogP contribution in [0.3, 0.4) is 0 Å². The highest BCUT2D eigenvalue weighted by molar-refractivity contribution is 5.23. The van der Waals surface area contributed by atoms with Crippen molar-refractivity contribution in [1.82, 2.24) is 4.98 Å². The van der Waals surface area contributed by atoms with E-state index in [0.717, 1.165) is 6.54 Å². The Morgan fingerprint density at radius 3 is 2.69 bits per heavy atom. The Morgan fingerprint density at radius 2 is 2.15 bits per heavy atom. The van der Waals surface area contributed by atoms with Crippen molar-refractivity contribution in [2.45, 2.75) is 31.1 Å². The fourth-order valence-corrected chi connectivity index (χ4v) is 2.34. The summed E-state index contributed by atoms with van der Waals surface area (Å²) in [6.45, 7) is 0.763. The lowest BCUT2D eigenvalue weighted by molar-refractivity contribution is 0.451. The van der Waals surface area contributed by atoms with E-state index in [2.05, 4.69) is 11.1 Å². The fourth-order valence-electron chi connectivity index (χ4n) is 2.34. The van der Waals surface area contributed by atoms with Crippen LogP contribution in [-0.4, -0.2) is 11.5 Å². The van der Waals surface area contributed by atoms with Crippen LogP contribution in [0.1, 0.15) is 31.2 Å². The van der Waals surface area contributed by atoms with Gasteiger partial charge in [-0.3, -0.25) is 4.98 Å². The standard InChI is InChI=1S/C11H16N2/c12-9-11(5-1-2-6-11)10-4-3-7-13-8-10/h3-4,7-8H,1-2,5-6,9,12H2. The molecule has 2 nitrogen and oxygen atoms in total. The first-order valence-corrected chi connectivity index (χ1v) is 4.98. The van der Waals surface area contributed by atoms with E-state index in [-0.39, 0.29) is 5.41 Å². The molecule has 0 saturated heterocycles. The van der Waals surface area contributed by atoms with Crippen LogP contribution >= 0.6 is 0 Å². The molecule has 2 N–H and O–H groups in total. The number of aromatic nitrogens is 1. The van der Waals surface area contributed by atoms with Crippen LogP contribution < -0.4 is 5.73 Å². The summed E-state index contributed by atoms with van der Waals surface area (Å²) < 4.78 is 0.